The third-order valence-corrected chi connectivity index (χ3v) is 6.17. The minimum absolute atomic E-state index is 0.0106. The molecule has 1 aromatic heterocycles. The lowest BCUT2D eigenvalue weighted by Gasteiger charge is -2.40. The Bertz CT molecular complexity index is 950. The maximum atomic E-state index is 13.2. The maximum Gasteiger partial charge on any atom is 0.433 e. The minimum atomic E-state index is -4.64. The molecule has 2 N–H and O–H groups in total. The second-order valence-electron chi connectivity index (χ2n) is 8.41. The summed E-state index contributed by atoms with van der Waals surface area (Å²) in [4.78, 5) is 37.7. The van der Waals surface area contributed by atoms with E-state index in [1.54, 1.807) is 0 Å². The fourth-order valence-corrected chi connectivity index (χ4v) is 4.06. The molecule has 2 aromatic rings. The van der Waals surface area contributed by atoms with E-state index >= 15 is 0 Å². The van der Waals surface area contributed by atoms with Gasteiger partial charge in [-0.25, -0.2) is 15.0 Å². The van der Waals surface area contributed by atoms with E-state index in [2.05, 4.69) is 27.7 Å². The molecule has 0 spiro atoms. The highest BCUT2D eigenvalue weighted by Gasteiger charge is 2.43. The molecule has 184 valence electrons. The molecule has 3 rings (SSSR count). The Balaban J connectivity index is 1.70. The third kappa shape index (κ3) is 6.66. The molecule has 11 heteroatoms. The molecule has 1 aliphatic carbocycles. The van der Waals surface area contributed by atoms with Gasteiger partial charge < -0.3 is 0 Å². The van der Waals surface area contributed by atoms with Crippen LogP contribution in [0.3, 0.4) is 0 Å². The summed E-state index contributed by atoms with van der Waals surface area (Å²) in [6.45, 7) is 2.26. The first-order chi connectivity index (χ1) is 16.3. The van der Waals surface area contributed by atoms with Crippen LogP contribution in [0.1, 0.15) is 50.3 Å². The molecule has 0 bridgehead atoms. The number of alkyl halides is 3. The van der Waals surface area contributed by atoms with Gasteiger partial charge in [-0.1, -0.05) is 43.7 Å². The lowest BCUT2D eigenvalue weighted by Crippen LogP contribution is -2.51. The van der Waals surface area contributed by atoms with Crippen molar-refractivity contribution in [3.8, 4) is 0 Å². The molecule has 1 heterocycles. The Kier molecular flexibility index (Phi) is 8.43. The van der Waals surface area contributed by atoms with Crippen molar-refractivity contribution in [2.75, 3.05) is 12.0 Å². The number of carbonyl (C=O) groups excluding carboxylic acids is 2. The third-order valence-electron chi connectivity index (χ3n) is 6.17. The number of aromatic nitrogens is 2. The Morgan fingerprint density at radius 3 is 2.56 bits per heavy atom. The fraction of sp³-hybridized carbons (Fsp3) is 0.478. The summed E-state index contributed by atoms with van der Waals surface area (Å²) < 4.78 is 38.7. The normalized spacial score (nSPS) is 20.4. The summed E-state index contributed by atoms with van der Waals surface area (Å²) in [5, 5.41) is 1.11. The zero-order valence-electron chi connectivity index (χ0n) is 18.8. The molecule has 2 amide bonds. The van der Waals surface area contributed by atoms with Crippen molar-refractivity contribution in [3.05, 3.63) is 53.9 Å². The summed E-state index contributed by atoms with van der Waals surface area (Å²) >= 11 is 0. The van der Waals surface area contributed by atoms with Crippen molar-refractivity contribution in [3.63, 3.8) is 0 Å². The number of nitrogens with one attached hydrogen (secondary N) is 2. The van der Waals surface area contributed by atoms with Crippen LogP contribution in [0.25, 0.3) is 0 Å². The van der Waals surface area contributed by atoms with Crippen LogP contribution in [0.4, 0.5) is 19.1 Å². The Morgan fingerprint density at radius 1 is 1.24 bits per heavy atom. The van der Waals surface area contributed by atoms with Gasteiger partial charge in [0, 0.05) is 6.20 Å². The topological polar surface area (TPSA) is 96.5 Å². The molecule has 1 aliphatic rings. The minimum Gasteiger partial charge on any atom is -0.276 e. The Morgan fingerprint density at radius 2 is 1.94 bits per heavy atom. The summed E-state index contributed by atoms with van der Waals surface area (Å²) in [6.07, 6.45) is 0.415. The van der Waals surface area contributed by atoms with Gasteiger partial charge in [-0.2, -0.15) is 13.2 Å². The van der Waals surface area contributed by atoms with E-state index in [0.717, 1.165) is 42.2 Å². The number of anilines is 1. The van der Waals surface area contributed by atoms with E-state index in [1.807, 2.05) is 30.3 Å². The van der Waals surface area contributed by atoms with Crippen molar-refractivity contribution in [1.82, 2.24) is 20.5 Å². The van der Waals surface area contributed by atoms with Gasteiger partial charge in [0.15, 0.2) is 0 Å². The molecule has 8 nitrogen and oxygen atoms in total. The molecular formula is C23H28F3N5O3. The molecular weight excluding hydrogens is 451 g/mol. The number of halogens is 3. The van der Waals surface area contributed by atoms with Gasteiger partial charge in [0.1, 0.15) is 12.3 Å². The number of hydrogen-bond donors (Lipinski definition) is 2. The monoisotopic (exact) mass is 479 g/mol. The fourth-order valence-electron chi connectivity index (χ4n) is 4.06. The van der Waals surface area contributed by atoms with Gasteiger partial charge >= 0.3 is 6.18 Å². The van der Waals surface area contributed by atoms with Crippen LogP contribution in [-0.2, 0) is 27.2 Å². The second kappa shape index (κ2) is 11.3. The van der Waals surface area contributed by atoms with Gasteiger partial charge in [0.05, 0.1) is 12.0 Å². The molecule has 0 radical (unpaired) electrons. The van der Waals surface area contributed by atoms with Crippen LogP contribution in [0, 0.1) is 11.3 Å². The predicted molar refractivity (Wildman–Crippen MR) is 117 cm³/mol. The second-order valence-corrected chi connectivity index (χ2v) is 8.41. The number of rotatable bonds is 10. The molecule has 1 fully saturated rings. The van der Waals surface area contributed by atoms with Gasteiger partial charge in [-0.05, 0) is 43.2 Å². The highest BCUT2D eigenvalue weighted by molar-refractivity contribution is 5.84. The first-order valence-electron chi connectivity index (χ1n) is 11.1. The highest BCUT2D eigenvalue weighted by atomic mass is 19.4. The lowest BCUT2D eigenvalue weighted by molar-refractivity contribution is -0.190. The number of nitrogens with zero attached hydrogens (tertiary/aromatic N) is 3. The average molecular weight is 480 g/mol. The standard InChI is InChI=1S/C23H28F3N5O3/c1-2-17-8-11-22(12-9-17,15-31(16-32)34-14-18-6-4-3-5-7-18)20(33)29-30-21-27-13-10-19(28-21)23(24,25)26/h3-7,10,13,16-17H,2,8-9,11-12,14-15H2,1H3,(H,29,33)(H,27,28,30). The first-order valence-corrected chi connectivity index (χ1v) is 11.1. The number of hydroxylamine groups is 2. The number of hydrazine groups is 1. The van der Waals surface area contributed by atoms with E-state index in [4.69, 9.17) is 4.84 Å². The molecule has 1 aromatic carbocycles. The summed E-state index contributed by atoms with van der Waals surface area (Å²) in [5.74, 6) is -0.373. The van der Waals surface area contributed by atoms with Crippen LogP contribution in [0.15, 0.2) is 42.6 Å². The van der Waals surface area contributed by atoms with Crippen molar-refractivity contribution in [2.45, 2.75) is 51.8 Å². The van der Waals surface area contributed by atoms with Gasteiger partial charge in [0.25, 0.3) is 0 Å². The lowest BCUT2D eigenvalue weighted by atomic mass is 9.69. The zero-order valence-corrected chi connectivity index (χ0v) is 18.8. The Labute approximate surface area is 195 Å². The van der Waals surface area contributed by atoms with Gasteiger partial charge in [-0.15, -0.1) is 0 Å². The smallest absolute Gasteiger partial charge is 0.276 e. The number of amides is 2. The van der Waals surface area contributed by atoms with E-state index in [-0.39, 0.29) is 19.1 Å². The van der Waals surface area contributed by atoms with E-state index in [1.165, 1.54) is 0 Å². The van der Waals surface area contributed by atoms with Gasteiger partial charge in [-0.3, -0.25) is 25.3 Å². The molecule has 34 heavy (non-hydrogen) atoms. The highest BCUT2D eigenvalue weighted by Crippen LogP contribution is 2.41. The van der Waals surface area contributed by atoms with E-state index in [9.17, 15) is 22.8 Å². The maximum absolute atomic E-state index is 13.2. The number of hydrogen-bond acceptors (Lipinski definition) is 6. The summed E-state index contributed by atoms with van der Waals surface area (Å²) in [5.41, 5.74) is 3.59. The van der Waals surface area contributed by atoms with Crippen molar-refractivity contribution in [2.24, 2.45) is 11.3 Å². The zero-order chi connectivity index (χ0) is 24.6. The van der Waals surface area contributed by atoms with E-state index in [0.29, 0.717) is 25.2 Å². The molecule has 0 saturated heterocycles. The molecule has 0 atom stereocenters. The average Bonchev–Trinajstić information content (AvgIpc) is 2.85. The van der Waals surface area contributed by atoms with Crippen LogP contribution in [-0.4, -0.2) is 33.9 Å². The molecule has 0 aliphatic heterocycles. The summed E-state index contributed by atoms with van der Waals surface area (Å²) in [6, 6.07) is 10.0. The summed E-state index contributed by atoms with van der Waals surface area (Å²) in [7, 11) is 0. The Hall–Kier alpha value is -3.21. The quantitative estimate of drug-likeness (QED) is 0.393. The first kappa shape index (κ1) is 25.4. The van der Waals surface area contributed by atoms with Gasteiger partial charge in [0.2, 0.25) is 18.3 Å². The number of carbonyl (C=O) groups is 2. The van der Waals surface area contributed by atoms with Crippen LogP contribution in [0.5, 0.6) is 0 Å². The number of benzene rings is 1. The van der Waals surface area contributed by atoms with E-state index < -0.39 is 23.2 Å². The molecule has 0 unspecified atom stereocenters. The largest absolute Gasteiger partial charge is 0.433 e. The molecule has 1 saturated carbocycles. The van der Waals surface area contributed by atoms with Crippen molar-refractivity contribution >= 4 is 18.3 Å². The van der Waals surface area contributed by atoms with Crippen molar-refractivity contribution in [1.29, 1.82) is 0 Å². The van der Waals surface area contributed by atoms with Crippen LogP contribution < -0.4 is 10.9 Å². The predicted octanol–water partition coefficient (Wildman–Crippen LogP) is 4.12. The van der Waals surface area contributed by atoms with Crippen molar-refractivity contribution < 1.29 is 27.6 Å². The van der Waals surface area contributed by atoms with Crippen LogP contribution >= 0.6 is 0 Å². The SMILES string of the molecule is CCC1CCC(CN(C=O)OCc2ccccc2)(C(=O)NNc2nccc(C(F)(F)F)n2)CC1. The van der Waals surface area contributed by atoms with Crippen LogP contribution in [0.2, 0.25) is 0 Å².